The Bertz CT molecular complexity index is 642. The molecule has 0 heterocycles. The van der Waals surface area contributed by atoms with Crippen LogP contribution < -0.4 is 9.47 Å². The second-order valence-corrected chi connectivity index (χ2v) is 5.07. The quantitative estimate of drug-likeness (QED) is 0.736. The molecule has 112 valence electrons. The first-order valence-electron chi connectivity index (χ1n) is 5.99. The molecule has 1 atom stereocenters. The zero-order valence-corrected chi connectivity index (χ0v) is 12.8. The molecular formula is C15H12Cl2F2O2. The van der Waals surface area contributed by atoms with E-state index < -0.39 is 17.0 Å². The molecule has 0 aromatic heterocycles. The lowest BCUT2D eigenvalue weighted by Crippen LogP contribution is -2.03. The molecule has 2 aromatic rings. The molecular weight excluding hydrogens is 321 g/mol. The van der Waals surface area contributed by atoms with E-state index in [4.69, 9.17) is 32.7 Å². The number of ether oxygens (including phenoxy) is 2. The Kier molecular flexibility index (Phi) is 4.91. The number of rotatable bonds is 4. The molecule has 0 aliphatic carbocycles. The maximum atomic E-state index is 13.8. The standard InChI is InChI=1S/C15H12Cl2F2O2/c1-20-12-6-8(9(16)7-13(12)21-2)15(17)14-10(18)4-3-5-11(14)19/h3-7,15H,1-2H3. The van der Waals surface area contributed by atoms with Gasteiger partial charge in [0.1, 0.15) is 11.6 Å². The predicted molar refractivity (Wildman–Crippen MR) is 78.6 cm³/mol. The highest BCUT2D eigenvalue weighted by molar-refractivity contribution is 6.33. The van der Waals surface area contributed by atoms with Gasteiger partial charge < -0.3 is 9.47 Å². The molecule has 0 aliphatic rings. The molecule has 0 amide bonds. The van der Waals surface area contributed by atoms with E-state index in [-0.39, 0.29) is 10.6 Å². The molecule has 2 rings (SSSR count). The number of alkyl halides is 1. The van der Waals surface area contributed by atoms with E-state index >= 15 is 0 Å². The highest BCUT2D eigenvalue weighted by Crippen LogP contribution is 2.41. The average Bonchev–Trinajstić information content (AvgIpc) is 2.46. The van der Waals surface area contributed by atoms with Gasteiger partial charge in [-0.1, -0.05) is 17.7 Å². The first kappa shape index (κ1) is 15.9. The fourth-order valence-electron chi connectivity index (χ4n) is 1.97. The predicted octanol–water partition coefficient (Wildman–Crippen LogP) is 4.96. The van der Waals surface area contributed by atoms with Crippen molar-refractivity contribution in [2.45, 2.75) is 5.38 Å². The Morgan fingerprint density at radius 3 is 2.05 bits per heavy atom. The third-order valence-electron chi connectivity index (χ3n) is 3.03. The Balaban J connectivity index is 2.56. The van der Waals surface area contributed by atoms with E-state index in [1.54, 1.807) is 0 Å². The van der Waals surface area contributed by atoms with Crippen LogP contribution in [-0.2, 0) is 0 Å². The number of hydrogen-bond donors (Lipinski definition) is 0. The van der Waals surface area contributed by atoms with E-state index in [9.17, 15) is 8.78 Å². The van der Waals surface area contributed by atoms with Gasteiger partial charge in [0.15, 0.2) is 11.5 Å². The molecule has 0 radical (unpaired) electrons. The molecule has 1 unspecified atom stereocenters. The lowest BCUT2D eigenvalue weighted by Gasteiger charge is -2.16. The molecule has 6 heteroatoms. The van der Waals surface area contributed by atoms with Crippen molar-refractivity contribution in [2.24, 2.45) is 0 Å². The van der Waals surface area contributed by atoms with Crippen LogP contribution in [0, 0.1) is 11.6 Å². The highest BCUT2D eigenvalue weighted by Gasteiger charge is 2.23. The Labute approximate surface area is 131 Å². The molecule has 0 saturated heterocycles. The van der Waals surface area contributed by atoms with E-state index in [1.807, 2.05) is 0 Å². The summed E-state index contributed by atoms with van der Waals surface area (Å²) in [5.41, 5.74) is 0.0771. The van der Waals surface area contributed by atoms with Crippen LogP contribution in [0.4, 0.5) is 8.78 Å². The van der Waals surface area contributed by atoms with Gasteiger partial charge in [-0.2, -0.15) is 0 Å². The van der Waals surface area contributed by atoms with Crippen LogP contribution in [0.15, 0.2) is 30.3 Å². The monoisotopic (exact) mass is 332 g/mol. The van der Waals surface area contributed by atoms with Crippen molar-refractivity contribution in [1.29, 1.82) is 0 Å². The van der Waals surface area contributed by atoms with Crippen LogP contribution in [0.5, 0.6) is 11.5 Å². The molecule has 2 nitrogen and oxygen atoms in total. The summed E-state index contributed by atoms with van der Waals surface area (Å²) in [6.07, 6.45) is 0. The van der Waals surface area contributed by atoms with Crippen molar-refractivity contribution >= 4 is 23.2 Å². The van der Waals surface area contributed by atoms with Crippen LogP contribution in [0.1, 0.15) is 16.5 Å². The van der Waals surface area contributed by atoms with Crippen molar-refractivity contribution in [3.8, 4) is 11.5 Å². The van der Waals surface area contributed by atoms with Gasteiger partial charge in [0.2, 0.25) is 0 Å². The number of benzene rings is 2. The SMILES string of the molecule is COc1cc(Cl)c(C(Cl)c2c(F)cccc2F)cc1OC. The molecule has 0 bridgehead atoms. The minimum atomic E-state index is -1.08. The molecule has 0 saturated carbocycles. The zero-order valence-electron chi connectivity index (χ0n) is 11.3. The summed E-state index contributed by atoms with van der Waals surface area (Å²) in [6.45, 7) is 0. The van der Waals surface area contributed by atoms with E-state index in [2.05, 4.69) is 0 Å². The maximum Gasteiger partial charge on any atom is 0.162 e. The fourth-order valence-corrected chi connectivity index (χ4v) is 2.68. The summed E-state index contributed by atoms with van der Waals surface area (Å²) in [5, 5.41) is -0.853. The molecule has 0 aliphatic heterocycles. The third-order valence-corrected chi connectivity index (χ3v) is 3.81. The van der Waals surface area contributed by atoms with Gasteiger partial charge in [0.05, 0.1) is 19.6 Å². The first-order chi connectivity index (χ1) is 9.99. The fraction of sp³-hybridized carbons (Fsp3) is 0.200. The summed E-state index contributed by atoms with van der Waals surface area (Å²) in [6, 6.07) is 6.55. The molecule has 0 N–H and O–H groups in total. The second kappa shape index (κ2) is 6.50. The van der Waals surface area contributed by atoms with E-state index in [0.29, 0.717) is 17.1 Å². The van der Waals surface area contributed by atoms with Crippen LogP contribution in [0.25, 0.3) is 0 Å². The van der Waals surface area contributed by atoms with Crippen LogP contribution in [0.2, 0.25) is 5.02 Å². The Morgan fingerprint density at radius 2 is 1.52 bits per heavy atom. The third kappa shape index (κ3) is 3.06. The minimum absolute atomic E-state index is 0.232. The maximum absolute atomic E-state index is 13.8. The van der Waals surface area contributed by atoms with Crippen LogP contribution >= 0.6 is 23.2 Å². The summed E-state index contributed by atoms with van der Waals surface area (Å²) in [4.78, 5) is 0. The average molecular weight is 333 g/mol. The van der Waals surface area contributed by atoms with Gasteiger partial charge in [-0.15, -0.1) is 11.6 Å². The summed E-state index contributed by atoms with van der Waals surface area (Å²) in [7, 11) is 2.91. The number of halogens is 4. The Morgan fingerprint density at radius 1 is 1.00 bits per heavy atom. The van der Waals surface area contributed by atoms with Gasteiger partial charge in [-0.25, -0.2) is 8.78 Å². The largest absolute Gasteiger partial charge is 0.493 e. The highest BCUT2D eigenvalue weighted by atomic mass is 35.5. The summed E-state index contributed by atoms with van der Waals surface area (Å²) in [5.74, 6) is -0.690. The smallest absolute Gasteiger partial charge is 0.162 e. The zero-order chi connectivity index (χ0) is 15.6. The van der Waals surface area contributed by atoms with E-state index in [0.717, 1.165) is 12.1 Å². The van der Waals surface area contributed by atoms with Gasteiger partial charge in [-0.3, -0.25) is 0 Å². The normalized spacial score (nSPS) is 12.1. The van der Waals surface area contributed by atoms with Crippen molar-refractivity contribution in [3.63, 3.8) is 0 Å². The van der Waals surface area contributed by atoms with Crippen LogP contribution in [0.3, 0.4) is 0 Å². The molecule has 21 heavy (non-hydrogen) atoms. The lowest BCUT2D eigenvalue weighted by atomic mass is 10.0. The number of methoxy groups -OCH3 is 2. The topological polar surface area (TPSA) is 18.5 Å². The lowest BCUT2D eigenvalue weighted by molar-refractivity contribution is 0.354. The van der Waals surface area contributed by atoms with Gasteiger partial charge in [0.25, 0.3) is 0 Å². The van der Waals surface area contributed by atoms with Crippen LogP contribution in [-0.4, -0.2) is 14.2 Å². The van der Waals surface area contributed by atoms with Crippen molar-refractivity contribution < 1.29 is 18.3 Å². The molecule has 0 fully saturated rings. The van der Waals surface area contributed by atoms with Crippen molar-refractivity contribution in [2.75, 3.05) is 14.2 Å². The van der Waals surface area contributed by atoms with Gasteiger partial charge in [-0.05, 0) is 23.8 Å². The number of hydrogen-bond acceptors (Lipinski definition) is 2. The summed E-state index contributed by atoms with van der Waals surface area (Å²) >= 11 is 12.3. The second-order valence-electron chi connectivity index (χ2n) is 4.23. The molecule has 2 aromatic carbocycles. The molecule has 0 spiro atoms. The van der Waals surface area contributed by atoms with Crippen molar-refractivity contribution in [1.82, 2.24) is 0 Å². The van der Waals surface area contributed by atoms with Crippen molar-refractivity contribution in [3.05, 3.63) is 58.1 Å². The van der Waals surface area contributed by atoms with Gasteiger partial charge >= 0.3 is 0 Å². The van der Waals surface area contributed by atoms with E-state index in [1.165, 1.54) is 32.4 Å². The van der Waals surface area contributed by atoms with Gasteiger partial charge in [0, 0.05) is 16.7 Å². The minimum Gasteiger partial charge on any atom is -0.493 e. The summed E-state index contributed by atoms with van der Waals surface area (Å²) < 4.78 is 37.9. The first-order valence-corrected chi connectivity index (χ1v) is 6.80. The Hall–Kier alpha value is -1.52.